The molecule has 10 nitrogen and oxygen atoms in total. The zero-order chi connectivity index (χ0) is 24.7. The van der Waals surface area contributed by atoms with Crippen LogP contribution < -0.4 is 16.8 Å². The van der Waals surface area contributed by atoms with Crippen LogP contribution in [0.15, 0.2) is 48.7 Å². The molecule has 0 aliphatic carbocycles. The third-order valence-electron chi connectivity index (χ3n) is 5.71. The first-order valence-corrected chi connectivity index (χ1v) is 11.1. The number of benzene rings is 2. The first kappa shape index (κ1) is 24.9. The molecule has 10 heteroatoms. The number of aliphatic carboxylic acids is 2. The Hall–Kier alpha value is -3.76. The van der Waals surface area contributed by atoms with Gasteiger partial charge in [0.15, 0.2) is 0 Å². The zero-order valence-corrected chi connectivity index (χ0v) is 18.7. The third-order valence-corrected chi connectivity index (χ3v) is 5.71. The van der Waals surface area contributed by atoms with Gasteiger partial charge in [0.1, 0.15) is 11.6 Å². The number of carboxylic acids is 2. The lowest BCUT2D eigenvalue weighted by molar-refractivity contribution is -0.139. The lowest BCUT2D eigenvalue weighted by Crippen LogP contribution is -2.30. The first-order chi connectivity index (χ1) is 16.3. The van der Waals surface area contributed by atoms with Crippen LogP contribution in [0.1, 0.15) is 47.5 Å². The monoisotopic (exact) mass is 467 g/mol. The van der Waals surface area contributed by atoms with E-state index >= 15 is 0 Å². The van der Waals surface area contributed by atoms with Gasteiger partial charge in [-0.3, -0.25) is 14.4 Å². The number of rotatable bonds is 7. The number of piperidine rings is 1. The summed E-state index contributed by atoms with van der Waals surface area (Å²) in [6.45, 7) is 2.17. The summed E-state index contributed by atoms with van der Waals surface area (Å²) in [5.74, 6) is -2.06. The Balaban J connectivity index is 0.000000277. The van der Waals surface area contributed by atoms with E-state index in [2.05, 4.69) is 34.7 Å². The fraction of sp³-hybridized carbons (Fsp3) is 0.333. The number of nitrogens with one attached hydrogen (secondary N) is 1. The molecular formula is C24H29N5O5. The second-order valence-electron chi connectivity index (χ2n) is 8.19. The van der Waals surface area contributed by atoms with Crippen molar-refractivity contribution >= 4 is 28.7 Å². The van der Waals surface area contributed by atoms with Crippen molar-refractivity contribution in [1.29, 1.82) is 0 Å². The maximum Gasteiger partial charge on any atom is 0.320 e. The van der Waals surface area contributed by atoms with Gasteiger partial charge in [0.2, 0.25) is 0 Å². The van der Waals surface area contributed by atoms with Gasteiger partial charge in [0.25, 0.3) is 5.91 Å². The van der Waals surface area contributed by atoms with Gasteiger partial charge in [-0.25, -0.2) is 4.68 Å². The summed E-state index contributed by atoms with van der Waals surface area (Å²) in [6.07, 6.45) is 4.17. The third kappa shape index (κ3) is 6.40. The quantitative estimate of drug-likeness (QED) is 0.350. The van der Waals surface area contributed by atoms with Crippen molar-refractivity contribution in [3.63, 3.8) is 0 Å². The second kappa shape index (κ2) is 11.4. The minimum atomic E-state index is -1.17. The molecule has 2 heterocycles. The van der Waals surface area contributed by atoms with Gasteiger partial charge in [-0.2, -0.15) is 5.10 Å². The molecule has 4 rings (SSSR count). The van der Waals surface area contributed by atoms with E-state index < -0.39 is 23.9 Å². The maximum atomic E-state index is 11.5. The minimum absolute atomic E-state index is 0.0231. The SMILES string of the molecule is NC(=O)c1cccc2cn(-c3ccc([C@@H]4CCCNC4)cc3)nc12.NC(CCC(=O)O)C(=O)O. The smallest absolute Gasteiger partial charge is 0.320 e. The molecule has 0 radical (unpaired) electrons. The molecule has 1 amide bonds. The van der Waals surface area contributed by atoms with Crippen molar-refractivity contribution < 1.29 is 24.6 Å². The number of primary amides is 1. The van der Waals surface area contributed by atoms with E-state index in [0.717, 1.165) is 24.2 Å². The molecule has 3 aromatic rings. The number of nitrogens with two attached hydrogens (primary N) is 2. The number of nitrogens with zero attached hydrogens (tertiary/aromatic N) is 2. The number of aromatic nitrogens is 2. The van der Waals surface area contributed by atoms with E-state index in [1.54, 1.807) is 10.7 Å². The molecule has 7 N–H and O–H groups in total. The Morgan fingerprint density at radius 1 is 1.15 bits per heavy atom. The van der Waals surface area contributed by atoms with Crippen molar-refractivity contribution in [2.75, 3.05) is 13.1 Å². The number of fused-ring (bicyclic) bond motifs is 1. The predicted octanol–water partition coefficient (Wildman–Crippen LogP) is 1.85. The standard InChI is InChI=1S/C19H20N4O.C5H9NO4/c20-19(24)17-5-1-3-15-12-23(22-18(15)17)16-8-6-13(7-9-16)14-4-2-10-21-11-14;6-3(5(9)10)1-2-4(7)8/h1,3,5-9,12,14,21H,2,4,10-11H2,(H2,20,24);3H,1-2,6H2,(H,7,8)(H,9,10)/t14-;/m1./s1. The summed E-state index contributed by atoms with van der Waals surface area (Å²) in [7, 11) is 0. The van der Waals surface area contributed by atoms with Crippen LogP contribution in [0.2, 0.25) is 0 Å². The Bertz CT molecular complexity index is 1150. The molecule has 0 spiro atoms. The number of carbonyl (C=O) groups is 3. The maximum absolute atomic E-state index is 11.5. The molecule has 2 aromatic carbocycles. The van der Waals surface area contributed by atoms with Gasteiger partial charge in [-0.05, 0) is 55.5 Å². The van der Waals surface area contributed by atoms with E-state index in [4.69, 9.17) is 21.7 Å². The number of carbonyl (C=O) groups excluding carboxylic acids is 1. The van der Waals surface area contributed by atoms with Crippen molar-refractivity contribution in [3.8, 4) is 5.69 Å². The van der Waals surface area contributed by atoms with Crippen molar-refractivity contribution in [3.05, 3.63) is 59.8 Å². The van der Waals surface area contributed by atoms with Gasteiger partial charge < -0.3 is 27.0 Å². The summed E-state index contributed by atoms with van der Waals surface area (Å²) in [6, 6.07) is 12.9. The minimum Gasteiger partial charge on any atom is -0.481 e. The predicted molar refractivity (Wildman–Crippen MR) is 127 cm³/mol. The Labute approximate surface area is 196 Å². The molecule has 1 fully saturated rings. The van der Waals surface area contributed by atoms with Gasteiger partial charge in [-0.1, -0.05) is 24.3 Å². The number of hydrogen-bond donors (Lipinski definition) is 5. The molecule has 1 aromatic heterocycles. The van der Waals surface area contributed by atoms with E-state index in [0.29, 0.717) is 17.0 Å². The highest BCUT2D eigenvalue weighted by Gasteiger charge is 2.16. The molecule has 34 heavy (non-hydrogen) atoms. The normalized spacial score (nSPS) is 16.3. The van der Waals surface area contributed by atoms with E-state index in [1.165, 1.54) is 18.4 Å². The molecule has 1 saturated heterocycles. The molecule has 1 aliphatic rings. The molecular weight excluding hydrogens is 438 g/mol. The Morgan fingerprint density at radius 3 is 2.47 bits per heavy atom. The zero-order valence-electron chi connectivity index (χ0n) is 18.7. The topological polar surface area (TPSA) is 174 Å². The van der Waals surface area contributed by atoms with Crippen LogP contribution in [-0.2, 0) is 9.59 Å². The van der Waals surface area contributed by atoms with Crippen LogP contribution in [0.25, 0.3) is 16.6 Å². The second-order valence-corrected chi connectivity index (χ2v) is 8.19. The summed E-state index contributed by atoms with van der Waals surface area (Å²) in [5, 5.41) is 25.2. The van der Waals surface area contributed by atoms with Crippen molar-refractivity contribution in [1.82, 2.24) is 15.1 Å². The lowest BCUT2D eigenvalue weighted by atomic mass is 9.92. The molecule has 0 saturated carbocycles. The van der Waals surface area contributed by atoms with E-state index in [-0.39, 0.29) is 12.8 Å². The van der Waals surface area contributed by atoms with Gasteiger partial charge in [0, 0.05) is 24.5 Å². The highest BCUT2D eigenvalue weighted by molar-refractivity contribution is 6.04. The fourth-order valence-electron chi connectivity index (χ4n) is 3.81. The van der Waals surface area contributed by atoms with E-state index in [1.807, 2.05) is 18.3 Å². The average Bonchev–Trinajstić information content (AvgIpc) is 3.28. The summed E-state index contributed by atoms with van der Waals surface area (Å²) < 4.78 is 1.81. The Morgan fingerprint density at radius 2 is 1.88 bits per heavy atom. The lowest BCUT2D eigenvalue weighted by Gasteiger charge is -2.23. The van der Waals surface area contributed by atoms with Gasteiger partial charge in [-0.15, -0.1) is 0 Å². The first-order valence-electron chi connectivity index (χ1n) is 11.1. The molecule has 1 aliphatic heterocycles. The fourth-order valence-corrected chi connectivity index (χ4v) is 3.81. The summed E-state index contributed by atoms with van der Waals surface area (Å²) in [4.78, 5) is 31.4. The molecule has 180 valence electrons. The highest BCUT2D eigenvalue weighted by Crippen LogP contribution is 2.25. The number of carboxylic acid groups (broad SMARTS) is 2. The van der Waals surface area contributed by atoms with Crippen LogP contribution in [-0.4, -0.2) is 57.0 Å². The number of hydrogen-bond acceptors (Lipinski definition) is 6. The van der Waals surface area contributed by atoms with E-state index in [9.17, 15) is 14.4 Å². The van der Waals surface area contributed by atoms with Crippen molar-refractivity contribution in [2.24, 2.45) is 11.5 Å². The molecule has 1 unspecified atom stereocenters. The van der Waals surface area contributed by atoms with Gasteiger partial charge >= 0.3 is 11.9 Å². The summed E-state index contributed by atoms with van der Waals surface area (Å²) >= 11 is 0. The molecule has 0 bridgehead atoms. The van der Waals surface area contributed by atoms with Crippen LogP contribution in [0.3, 0.4) is 0 Å². The largest absolute Gasteiger partial charge is 0.481 e. The average molecular weight is 468 g/mol. The van der Waals surface area contributed by atoms with Crippen LogP contribution in [0.4, 0.5) is 0 Å². The summed E-state index contributed by atoms with van der Waals surface area (Å²) in [5.41, 5.74) is 13.9. The van der Waals surface area contributed by atoms with Crippen molar-refractivity contribution in [2.45, 2.75) is 37.6 Å². The Kier molecular flexibility index (Phi) is 8.34. The van der Waals surface area contributed by atoms with Crippen LogP contribution in [0, 0.1) is 0 Å². The highest BCUT2D eigenvalue weighted by atomic mass is 16.4. The van der Waals surface area contributed by atoms with Gasteiger partial charge in [0.05, 0.1) is 11.3 Å². The van der Waals surface area contributed by atoms with Crippen LogP contribution >= 0.6 is 0 Å². The van der Waals surface area contributed by atoms with Crippen LogP contribution in [0.5, 0.6) is 0 Å². The number of amides is 1. The molecule has 2 atom stereocenters.